The van der Waals surface area contributed by atoms with Gasteiger partial charge in [0, 0.05) is 31.8 Å². The lowest BCUT2D eigenvalue weighted by Crippen LogP contribution is -2.65. The molecule has 0 saturated carbocycles. The van der Waals surface area contributed by atoms with Crippen LogP contribution < -0.4 is 5.73 Å². The summed E-state index contributed by atoms with van der Waals surface area (Å²) in [6.45, 7) is 5.30. The molecule has 1 aliphatic heterocycles. The van der Waals surface area contributed by atoms with Crippen molar-refractivity contribution in [1.29, 1.82) is 0 Å². The second-order valence-electron chi connectivity index (χ2n) is 3.44. The molecule has 3 nitrogen and oxygen atoms in total. The molecule has 0 aromatic heterocycles. The number of nitrogens with zero attached hydrogens (tertiary/aromatic N) is 1. The minimum Gasteiger partial charge on any atom is -0.396 e. The fourth-order valence-corrected chi connectivity index (χ4v) is 1.43. The molecule has 1 rings (SSSR count). The zero-order valence-electron chi connectivity index (χ0n) is 6.51. The number of likely N-dealkylation sites (tertiary alicyclic amines) is 1. The van der Waals surface area contributed by atoms with Crippen LogP contribution in [0.25, 0.3) is 0 Å². The smallest absolute Gasteiger partial charge is 0.0443 e. The molecule has 1 aliphatic rings. The van der Waals surface area contributed by atoms with Crippen LogP contribution in [0.15, 0.2) is 0 Å². The minimum atomic E-state index is 0.0372. The second kappa shape index (κ2) is 2.86. The Hall–Kier alpha value is -0.120. The van der Waals surface area contributed by atoms with Crippen molar-refractivity contribution in [3.05, 3.63) is 0 Å². The summed E-state index contributed by atoms with van der Waals surface area (Å²) in [5.41, 5.74) is 5.82. The maximum Gasteiger partial charge on any atom is 0.0443 e. The Morgan fingerprint density at radius 3 is 2.60 bits per heavy atom. The highest BCUT2D eigenvalue weighted by Crippen LogP contribution is 2.16. The first kappa shape index (κ1) is 7.98. The van der Waals surface area contributed by atoms with Crippen molar-refractivity contribution in [2.75, 3.05) is 26.2 Å². The predicted octanol–water partition coefficient (Wildman–Crippen LogP) is -0.598. The molecule has 3 heteroatoms. The molecular formula is C7H16N2O. The van der Waals surface area contributed by atoms with Gasteiger partial charge in [-0.25, -0.2) is 0 Å². The van der Waals surface area contributed by atoms with Crippen molar-refractivity contribution in [3.8, 4) is 0 Å². The van der Waals surface area contributed by atoms with Gasteiger partial charge in [0.2, 0.25) is 0 Å². The van der Waals surface area contributed by atoms with Crippen LogP contribution in [0.5, 0.6) is 0 Å². The Bertz CT molecular complexity index is 106. The maximum atomic E-state index is 8.51. The van der Waals surface area contributed by atoms with Gasteiger partial charge < -0.3 is 10.8 Å². The summed E-state index contributed by atoms with van der Waals surface area (Å²) >= 11 is 0. The van der Waals surface area contributed by atoms with Crippen molar-refractivity contribution < 1.29 is 5.11 Å². The van der Waals surface area contributed by atoms with Crippen molar-refractivity contribution >= 4 is 0 Å². The van der Waals surface area contributed by atoms with E-state index in [0.717, 1.165) is 26.1 Å². The van der Waals surface area contributed by atoms with Crippen LogP contribution in [0.3, 0.4) is 0 Å². The molecule has 0 spiro atoms. The lowest BCUT2D eigenvalue weighted by molar-refractivity contribution is 0.0767. The summed E-state index contributed by atoms with van der Waals surface area (Å²) in [5, 5.41) is 8.51. The Kier molecular flexibility index (Phi) is 2.28. The lowest BCUT2D eigenvalue weighted by atomic mass is 9.94. The van der Waals surface area contributed by atoms with Crippen LogP contribution in [-0.4, -0.2) is 41.8 Å². The largest absolute Gasteiger partial charge is 0.396 e. The van der Waals surface area contributed by atoms with Crippen LogP contribution in [-0.2, 0) is 0 Å². The van der Waals surface area contributed by atoms with E-state index in [1.165, 1.54) is 0 Å². The molecule has 0 aliphatic carbocycles. The first-order valence-electron chi connectivity index (χ1n) is 3.76. The molecule has 0 aromatic rings. The van der Waals surface area contributed by atoms with Gasteiger partial charge in [0.25, 0.3) is 0 Å². The SMILES string of the molecule is CC1(N)CN(CCCO)C1. The average molecular weight is 144 g/mol. The molecule has 1 heterocycles. The maximum absolute atomic E-state index is 8.51. The third-order valence-electron chi connectivity index (χ3n) is 1.80. The topological polar surface area (TPSA) is 49.5 Å². The fourth-order valence-electron chi connectivity index (χ4n) is 1.43. The van der Waals surface area contributed by atoms with Crippen LogP contribution >= 0.6 is 0 Å². The van der Waals surface area contributed by atoms with E-state index in [4.69, 9.17) is 10.8 Å². The normalized spacial score (nSPS) is 24.3. The van der Waals surface area contributed by atoms with Gasteiger partial charge in [-0.15, -0.1) is 0 Å². The summed E-state index contributed by atoms with van der Waals surface area (Å²) in [4.78, 5) is 2.26. The van der Waals surface area contributed by atoms with E-state index in [-0.39, 0.29) is 12.1 Å². The van der Waals surface area contributed by atoms with E-state index in [1.54, 1.807) is 0 Å². The Morgan fingerprint density at radius 2 is 2.20 bits per heavy atom. The van der Waals surface area contributed by atoms with E-state index in [0.29, 0.717) is 0 Å². The zero-order chi connectivity index (χ0) is 7.61. The quantitative estimate of drug-likeness (QED) is 0.556. The monoisotopic (exact) mass is 144 g/mol. The molecule has 0 atom stereocenters. The Morgan fingerprint density at radius 1 is 1.60 bits per heavy atom. The van der Waals surface area contributed by atoms with Crippen molar-refractivity contribution in [1.82, 2.24) is 4.90 Å². The molecule has 60 valence electrons. The van der Waals surface area contributed by atoms with Gasteiger partial charge in [-0.05, 0) is 13.3 Å². The third-order valence-corrected chi connectivity index (χ3v) is 1.80. The van der Waals surface area contributed by atoms with Crippen molar-refractivity contribution in [2.45, 2.75) is 18.9 Å². The standard InChI is InChI=1S/C7H16N2O/c1-7(8)5-9(6-7)3-2-4-10/h10H,2-6,8H2,1H3. The first-order chi connectivity index (χ1) is 4.64. The van der Waals surface area contributed by atoms with Gasteiger partial charge in [-0.2, -0.15) is 0 Å². The summed E-state index contributed by atoms with van der Waals surface area (Å²) in [6.07, 6.45) is 0.871. The van der Waals surface area contributed by atoms with Crippen molar-refractivity contribution in [3.63, 3.8) is 0 Å². The molecule has 0 bridgehead atoms. The molecule has 1 fully saturated rings. The highest BCUT2D eigenvalue weighted by Gasteiger charge is 2.33. The third kappa shape index (κ3) is 1.94. The Balaban J connectivity index is 2.03. The van der Waals surface area contributed by atoms with Crippen LogP contribution in [0.1, 0.15) is 13.3 Å². The van der Waals surface area contributed by atoms with Crippen molar-refractivity contribution in [2.24, 2.45) is 5.73 Å². The van der Waals surface area contributed by atoms with Gasteiger partial charge in [0.15, 0.2) is 0 Å². The van der Waals surface area contributed by atoms with E-state index >= 15 is 0 Å². The van der Waals surface area contributed by atoms with E-state index in [1.807, 2.05) is 0 Å². The number of rotatable bonds is 3. The van der Waals surface area contributed by atoms with Gasteiger partial charge in [0.1, 0.15) is 0 Å². The molecule has 0 amide bonds. The van der Waals surface area contributed by atoms with Crippen LogP contribution in [0.4, 0.5) is 0 Å². The molecule has 0 unspecified atom stereocenters. The highest BCUT2D eigenvalue weighted by atomic mass is 16.3. The number of aliphatic hydroxyl groups excluding tert-OH is 1. The summed E-state index contributed by atoms with van der Waals surface area (Å²) in [6, 6.07) is 0. The van der Waals surface area contributed by atoms with Gasteiger partial charge >= 0.3 is 0 Å². The van der Waals surface area contributed by atoms with E-state index < -0.39 is 0 Å². The first-order valence-corrected chi connectivity index (χ1v) is 3.76. The van der Waals surface area contributed by atoms with E-state index in [9.17, 15) is 0 Å². The molecule has 0 radical (unpaired) electrons. The second-order valence-corrected chi connectivity index (χ2v) is 3.44. The minimum absolute atomic E-state index is 0.0372. The average Bonchev–Trinajstić information content (AvgIpc) is 1.78. The van der Waals surface area contributed by atoms with Gasteiger partial charge in [-0.3, -0.25) is 4.90 Å². The van der Waals surface area contributed by atoms with Gasteiger partial charge in [0.05, 0.1) is 0 Å². The molecule has 10 heavy (non-hydrogen) atoms. The van der Waals surface area contributed by atoms with Crippen LogP contribution in [0, 0.1) is 0 Å². The van der Waals surface area contributed by atoms with E-state index in [2.05, 4.69) is 11.8 Å². The summed E-state index contributed by atoms with van der Waals surface area (Å²) in [7, 11) is 0. The molecular weight excluding hydrogens is 128 g/mol. The number of hydrogen-bond donors (Lipinski definition) is 2. The molecule has 3 N–H and O–H groups in total. The molecule has 0 aromatic carbocycles. The lowest BCUT2D eigenvalue weighted by Gasteiger charge is -2.45. The number of aliphatic hydroxyl groups is 1. The summed E-state index contributed by atoms with van der Waals surface area (Å²) < 4.78 is 0. The molecule has 1 saturated heterocycles. The Labute approximate surface area is 61.8 Å². The predicted molar refractivity (Wildman–Crippen MR) is 40.7 cm³/mol. The van der Waals surface area contributed by atoms with Gasteiger partial charge in [-0.1, -0.05) is 0 Å². The number of nitrogens with two attached hydrogens (primary N) is 1. The fraction of sp³-hybridized carbons (Fsp3) is 1.00. The number of hydrogen-bond acceptors (Lipinski definition) is 3. The highest BCUT2D eigenvalue weighted by molar-refractivity contribution is 4.95. The summed E-state index contributed by atoms with van der Waals surface area (Å²) in [5.74, 6) is 0. The van der Waals surface area contributed by atoms with Crippen LogP contribution in [0.2, 0.25) is 0 Å². The zero-order valence-corrected chi connectivity index (χ0v) is 6.51.